The van der Waals surface area contributed by atoms with Crippen LogP contribution >= 0.6 is 0 Å². The number of benzene rings is 2. The molecule has 8 heteroatoms. The molecule has 0 aliphatic carbocycles. The Labute approximate surface area is 194 Å². The van der Waals surface area contributed by atoms with Gasteiger partial charge in [-0.1, -0.05) is 60.7 Å². The van der Waals surface area contributed by atoms with E-state index in [1.54, 1.807) is 7.05 Å². The molecule has 1 heterocycles. The summed E-state index contributed by atoms with van der Waals surface area (Å²) in [5.41, 5.74) is 1.82. The second-order valence-corrected chi connectivity index (χ2v) is 8.18. The summed E-state index contributed by atoms with van der Waals surface area (Å²) in [5, 5.41) is 8.43. The van der Waals surface area contributed by atoms with Crippen LogP contribution in [0, 0.1) is 0 Å². The minimum Gasteiger partial charge on any atom is -0.445 e. The number of hydrogen-bond donors (Lipinski definition) is 3. The van der Waals surface area contributed by atoms with Gasteiger partial charge in [0.05, 0.1) is 6.54 Å². The number of hydrogen-bond acceptors (Lipinski definition) is 5. The number of carbonyl (C=O) groups excluding carboxylic acids is 3. The third-order valence-corrected chi connectivity index (χ3v) is 5.68. The molecule has 3 rings (SSSR count). The fourth-order valence-electron chi connectivity index (χ4n) is 3.79. The van der Waals surface area contributed by atoms with E-state index < -0.39 is 12.1 Å². The maximum atomic E-state index is 13.1. The van der Waals surface area contributed by atoms with Crippen molar-refractivity contribution in [1.29, 1.82) is 0 Å². The number of rotatable bonds is 9. The molecule has 2 aromatic carbocycles. The van der Waals surface area contributed by atoms with Gasteiger partial charge in [0, 0.05) is 32.6 Å². The Balaban J connectivity index is 1.55. The maximum absolute atomic E-state index is 13.1. The zero-order valence-corrected chi connectivity index (χ0v) is 19.0. The van der Waals surface area contributed by atoms with Crippen LogP contribution in [0.4, 0.5) is 4.79 Å². The number of likely N-dealkylation sites (tertiary alicyclic amines) is 1. The van der Waals surface area contributed by atoms with E-state index in [1.807, 2.05) is 60.7 Å². The first-order valence-electron chi connectivity index (χ1n) is 11.3. The highest BCUT2D eigenvalue weighted by Crippen LogP contribution is 2.11. The predicted octanol–water partition coefficient (Wildman–Crippen LogP) is 1.85. The third kappa shape index (κ3) is 8.23. The molecule has 0 bridgehead atoms. The quantitative estimate of drug-likeness (QED) is 0.539. The highest BCUT2D eigenvalue weighted by molar-refractivity contribution is 5.86. The highest BCUT2D eigenvalue weighted by Gasteiger charge is 2.27. The number of nitrogens with zero attached hydrogens (tertiary/aromatic N) is 1. The number of ether oxygens (including phenoxy) is 1. The molecule has 0 spiro atoms. The molecule has 3 amide bonds. The Kier molecular flexibility index (Phi) is 9.26. The molecule has 0 radical (unpaired) electrons. The molecule has 2 aromatic rings. The summed E-state index contributed by atoms with van der Waals surface area (Å²) in [5.74, 6) is -0.251. The Morgan fingerprint density at radius 2 is 1.58 bits per heavy atom. The molecule has 1 fully saturated rings. The first kappa shape index (κ1) is 24.3. The lowest BCUT2D eigenvalue weighted by molar-refractivity contribution is -0.125. The van der Waals surface area contributed by atoms with Crippen LogP contribution in [0.15, 0.2) is 60.7 Å². The van der Waals surface area contributed by atoms with Gasteiger partial charge in [-0.05, 0) is 24.0 Å². The zero-order valence-electron chi connectivity index (χ0n) is 19.0. The minimum absolute atomic E-state index is 0.00106. The largest absolute Gasteiger partial charge is 0.445 e. The molecule has 3 N–H and O–H groups in total. The molecule has 1 aliphatic rings. The van der Waals surface area contributed by atoms with Gasteiger partial charge in [0.2, 0.25) is 11.8 Å². The summed E-state index contributed by atoms with van der Waals surface area (Å²) in [7, 11) is 1.63. The molecule has 0 unspecified atom stereocenters. The van der Waals surface area contributed by atoms with Crippen LogP contribution in [0.2, 0.25) is 0 Å². The number of piperidine rings is 1. The lowest BCUT2D eigenvalue weighted by atomic mass is 10.0. The number of carbonyl (C=O) groups is 3. The highest BCUT2D eigenvalue weighted by atomic mass is 16.5. The molecule has 0 aromatic heterocycles. The Morgan fingerprint density at radius 3 is 2.18 bits per heavy atom. The number of likely N-dealkylation sites (N-methyl/N-ethyl adjacent to an activating group) is 1. The van der Waals surface area contributed by atoms with Gasteiger partial charge in [-0.25, -0.2) is 4.79 Å². The lowest BCUT2D eigenvalue weighted by Crippen LogP contribution is -2.53. The van der Waals surface area contributed by atoms with E-state index in [2.05, 4.69) is 20.9 Å². The van der Waals surface area contributed by atoms with Crippen molar-refractivity contribution < 1.29 is 19.1 Å². The van der Waals surface area contributed by atoms with Crippen LogP contribution in [0.3, 0.4) is 0 Å². The summed E-state index contributed by atoms with van der Waals surface area (Å²) < 4.78 is 5.32. The average Bonchev–Trinajstić information content (AvgIpc) is 2.84. The summed E-state index contributed by atoms with van der Waals surface area (Å²) in [6, 6.07) is 18.2. The van der Waals surface area contributed by atoms with Crippen molar-refractivity contribution in [2.75, 3.05) is 26.7 Å². The molecule has 1 aliphatic heterocycles. The topological polar surface area (TPSA) is 99.8 Å². The normalized spacial score (nSPS) is 15.3. The predicted molar refractivity (Wildman–Crippen MR) is 125 cm³/mol. The number of amides is 3. The monoisotopic (exact) mass is 452 g/mol. The average molecular weight is 453 g/mol. The summed E-state index contributed by atoms with van der Waals surface area (Å²) in [4.78, 5) is 39.1. The van der Waals surface area contributed by atoms with Gasteiger partial charge in [0.25, 0.3) is 0 Å². The van der Waals surface area contributed by atoms with Crippen LogP contribution in [-0.4, -0.2) is 61.6 Å². The standard InChI is InChI=1S/C25H32N4O4/c1-26-23(30)17-29-14-12-21(13-15-29)27-24(31)22(16-19-8-4-2-5-9-19)28-25(32)33-18-20-10-6-3-7-11-20/h2-11,21-22H,12-18H2,1H3,(H,26,30)(H,27,31)(H,28,32)/t22-/m0/s1. The van der Waals surface area contributed by atoms with E-state index in [4.69, 9.17) is 4.74 Å². The van der Waals surface area contributed by atoms with Gasteiger partial charge in [-0.2, -0.15) is 0 Å². The molecular weight excluding hydrogens is 420 g/mol. The molecule has 1 saturated heterocycles. The molecule has 33 heavy (non-hydrogen) atoms. The first-order chi connectivity index (χ1) is 16.0. The summed E-state index contributed by atoms with van der Waals surface area (Å²) >= 11 is 0. The second kappa shape index (κ2) is 12.6. The van der Waals surface area contributed by atoms with Crippen molar-refractivity contribution >= 4 is 17.9 Å². The van der Waals surface area contributed by atoms with Crippen LogP contribution < -0.4 is 16.0 Å². The molecule has 0 saturated carbocycles. The van der Waals surface area contributed by atoms with E-state index in [0.717, 1.165) is 37.1 Å². The van der Waals surface area contributed by atoms with E-state index in [-0.39, 0.29) is 24.5 Å². The number of nitrogens with one attached hydrogen (secondary N) is 3. The fraction of sp³-hybridized carbons (Fsp3) is 0.400. The van der Waals surface area contributed by atoms with Crippen molar-refractivity contribution in [2.45, 2.75) is 38.0 Å². The van der Waals surface area contributed by atoms with Crippen LogP contribution in [0.25, 0.3) is 0 Å². The summed E-state index contributed by atoms with van der Waals surface area (Å²) in [6.07, 6.45) is 1.23. The SMILES string of the molecule is CNC(=O)CN1CCC(NC(=O)[C@H](Cc2ccccc2)NC(=O)OCc2ccccc2)CC1. The maximum Gasteiger partial charge on any atom is 0.408 e. The van der Waals surface area contributed by atoms with Crippen molar-refractivity contribution in [3.63, 3.8) is 0 Å². The van der Waals surface area contributed by atoms with Crippen LogP contribution in [0.5, 0.6) is 0 Å². The lowest BCUT2D eigenvalue weighted by Gasteiger charge is -2.32. The van der Waals surface area contributed by atoms with Crippen LogP contribution in [-0.2, 0) is 27.4 Å². The van der Waals surface area contributed by atoms with Crippen LogP contribution in [0.1, 0.15) is 24.0 Å². The minimum atomic E-state index is -0.750. The van der Waals surface area contributed by atoms with Crippen molar-refractivity contribution in [3.8, 4) is 0 Å². The molecule has 1 atom stereocenters. The van der Waals surface area contributed by atoms with Gasteiger partial charge in [0.1, 0.15) is 12.6 Å². The zero-order chi connectivity index (χ0) is 23.5. The Hall–Kier alpha value is -3.39. The van der Waals surface area contributed by atoms with Gasteiger partial charge in [0.15, 0.2) is 0 Å². The Morgan fingerprint density at radius 1 is 0.970 bits per heavy atom. The third-order valence-electron chi connectivity index (χ3n) is 5.68. The Bertz CT molecular complexity index is 899. The second-order valence-electron chi connectivity index (χ2n) is 8.18. The number of alkyl carbamates (subject to hydrolysis) is 1. The van der Waals surface area contributed by atoms with Crippen molar-refractivity contribution in [2.24, 2.45) is 0 Å². The summed E-state index contributed by atoms with van der Waals surface area (Å²) in [6.45, 7) is 1.96. The van der Waals surface area contributed by atoms with Crippen molar-refractivity contribution in [1.82, 2.24) is 20.9 Å². The fourth-order valence-corrected chi connectivity index (χ4v) is 3.79. The van der Waals surface area contributed by atoms with E-state index in [9.17, 15) is 14.4 Å². The molecule has 176 valence electrons. The smallest absolute Gasteiger partial charge is 0.408 e. The van der Waals surface area contributed by atoms with Gasteiger partial charge in [-0.3, -0.25) is 14.5 Å². The van der Waals surface area contributed by atoms with E-state index in [1.165, 1.54) is 0 Å². The molecule has 8 nitrogen and oxygen atoms in total. The van der Waals surface area contributed by atoms with E-state index in [0.29, 0.717) is 13.0 Å². The van der Waals surface area contributed by atoms with Crippen molar-refractivity contribution in [3.05, 3.63) is 71.8 Å². The molecular formula is C25H32N4O4. The van der Waals surface area contributed by atoms with Gasteiger partial charge >= 0.3 is 6.09 Å². The first-order valence-corrected chi connectivity index (χ1v) is 11.3. The van der Waals surface area contributed by atoms with Gasteiger partial charge < -0.3 is 20.7 Å². The van der Waals surface area contributed by atoms with Gasteiger partial charge in [-0.15, -0.1) is 0 Å². The van der Waals surface area contributed by atoms with E-state index >= 15 is 0 Å².